The van der Waals surface area contributed by atoms with Crippen LogP contribution < -0.4 is 5.32 Å². The third-order valence-electron chi connectivity index (χ3n) is 4.44. The fourth-order valence-corrected chi connectivity index (χ4v) is 4.35. The molecule has 1 aromatic carbocycles. The Kier molecular flexibility index (Phi) is 3.88. The summed E-state index contributed by atoms with van der Waals surface area (Å²) < 4.78 is 0. The summed E-state index contributed by atoms with van der Waals surface area (Å²) in [5.41, 5.74) is 3.92. The molecule has 0 radical (unpaired) electrons. The van der Waals surface area contributed by atoms with Crippen LogP contribution in [0.15, 0.2) is 18.2 Å². The highest BCUT2D eigenvalue weighted by Crippen LogP contribution is 2.29. The van der Waals surface area contributed by atoms with Crippen LogP contribution in [0.5, 0.6) is 0 Å². The average molecular weight is 277 g/mol. The number of fused-ring (bicyclic) bond motifs is 1. The zero-order chi connectivity index (χ0) is 13.3. The van der Waals surface area contributed by atoms with Crippen LogP contribution in [0.3, 0.4) is 0 Å². The molecule has 0 bridgehead atoms. The summed E-state index contributed by atoms with van der Waals surface area (Å²) in [4.78, 5) is 0. The Morgan fingerprint density at radius 3 is 3.00 bits per heavy atom. The number of thioether (sulfide) groups is 1. The molecule has 3 heteroatoms. The van der Waals surface area contributed by atoms with Crippen molar-refractivity contribution in [3.8, 4) is 0 Å². The quantitative estimate of drug-likeness (QED) is 0.887. The van der Waals surface area contributed by atoms with Crippen LogP contribution in [0, 0.1) is 0 Å². The molecule has 1 aliphatic carbocycles. The molecule has 2 unspecified atom stereocenters. The summed E-state index contributed by atoms with van der Waals surface area (Å²) in [6.07, 6.45) is 4.70. The lowest BCUT2D eigenvalue weighted by atomic mass is 10.00. The Morgan fingerprint density at radius 1 is 1.37 bits per heavy atom. The van der Waals surface area contributed by atoms with Gasteiger partial charge in [0.15, 0.2) is 0 Å². The van der Waals surface area contributed by atoms with Crippen molar-refractivity contribution in [2.75, 3.05) is 18.1 Å². The minimum atomic E-state index is -0.490. The maximum atomic E-state index is 10.4. The number of aliphatic hydroxyl groups is 1. The van der Waals surface area contributed by atoms with Crippen molar-refractivity contribution < 1.29 is 5.11 Å². The Balaban J connectivity index is 1.62. The maximum absolute atomic E-state index is 10.4. The van der Waals surface area contributed by atoms with Crippen molar-refractivity contribution >= 4 is 11.8 Å². The lowest BCUT2D eigenvalue weighted by Gasteiger charge is -2.25. The molecule has 0 spiro atoms. The van der Waals surface area contributed by atoms with Gasteiger partial charge in [0.1, 0.15) is 0 Å². The van der Waals surface area contributed by atoms with Gasteiger partial charge in [-0.05, 0) is 55.1 Å². The summed E-state index contributed by atoms with van der Waals surface area (Å²) in [6.45, 7) is 2.90. The molecular formula is C16H23NOS. The van der Waals surface area contributed by atoms with Crippen molar-refractivity contribution in [3.63, 3.8) is 0 Å². The first-order chi connectivity index (χ1) is 9.16. The molecule has 1 fully saturated rings. The summed E-state index contributed by atoms with van der Waals surface area (Å²) in [7, 11) is 0. The van der Waals surface area contributed by atoms with Gasteiger partial charge in [-0.3, -0.25) is 0 Å². The molecular weight excluding hydrogens is 254 g/mol. The molecule has 0 aromatic heterocycles. The monoisotopic (exact) mass is 277 g/mol. The second-order valence-electron chi connectivity index (χ2n) is 6.01. The molecule has 19 heavy (non-hydrogen) atoms. The first kappa shape index (κ1) is 13.5. The topological polar surface area (TPSA) is 32.3 Å². The molecule has 104 valence electrons. The lowest BCUT2D eigenvalue weighted by Crippen LogP contribution is -2.41. The van der Waals surface area contributed by atoms with E-state index in [2.05, 4.69) is 30.4 Å². The number of hydrogen-bond acceptors (Lipinski definition) is 3. The van der Waals surface area contributed by atoms with Crippen molar-refractivity contribution in [3.05, 3.63) is 34.9 Å². The molecule has 2 aliphatic rings. The van der Waals surface area contributed by atoms with Gasteiger partial charge in [0.05, 0.1) is 5.60 Å². The predicted molar refractivity (Wildman–Crippen MR) is 81.8 cm³/mol. The average Bonchev–Trinajstić information content (AvgIpc) is 3.04. The van der Waals surface area contributed by atoms with E-state index in [9.17, 15) is 5.11 Å². The smallest absolute Gasteiger partial charge is 0.0869 e. The molecule has 2 atom stereocenters. The Hall–Kier alpha value is -0.510. The highest BCUT2D eigenvalue weighted by atomic mass is 32.2. The number of nitrogens with one attached hydrogen (secondary N) is 1. The zero-order valence-corrected chi connectivity index (χ0v) is 12.4. The Morgan fingerprint density at radius 2 is 2.21 bits per heavy atom. The summed E-state index contributed by atoms with van der Waals surface area (Å²) in [5, 5.41) is 13.9. The van der Waals surface area contributed by atoms with Gasteiger partial charge in [-0.2, -0.15) is 11.8 Å². The van der Waals surface area contributed by atoms with E-state index in [1.165, 1.54) is 36.0 Å². The Labute approximate surface area is 120 Å². The van der Waals surface area contributed by atoms with Crippen molar-refractivity contribution in [1.82, 2.24) is 5.32 Å². The van der Waals surface area contributed by atoms with Crippen LogP contribution in [-0.2, 0) is 12.8 Å². The van der Waals surface area contributed by atoms with Crippen molar-refractivity contribution in [1.29, 1.82) is 0 Å². The van der Waals surface area contributed by atoms with Crippen LogP contribution in [0.1, 0.15) is 42.5 Å². The lowest BCUT2D eigenvalue weighted by molar-refractivity contribution is 0.0651. The van der Waals surface area contributed by atoms with E-state index >= 15 is 0 Å². The van der Waals surface area contributed by atoms with E-state index in [-0.39, 0.29) is 0 Å². The number of rotatable bonds is 4. The van der Waals surface area contributed by atoms with Gasteiger partial charge in [-0.15, -0.1) is 0 Å². The second-order valence-corrected chi connectivity index (χ2v) is 7.12. The molecule has 1 aliphatic heterocycles. The van der Waals surface area contributed by atoms with E-state index in [1.807, 2.05) is 11.8 Å². The molecule has 0 amide bonds. The van der Waals surface area contributed by atoms with E-state index < -0.39 is 5.60 Å². The van der Waals surface area contributed by atoms with E-state index in [0.29, 0.717) is 12.6 Å². The van der Waals surface area contributed by atoms with Crippen molar-refractivity contribution in [2.24, 2.45) is 0 Å². The number of hydrogen-bond donors (Lipinski definition) is 2. The van der Waals surface area contributed by atoms with E-state index in [1.54, 1.807) is 0 Å². The van der Waals surface area contributed by atoms with Gasteiger partial charge in [0.2, 0.25) is 0 Å². The molecule has 0 saturated carbocycles. The predicted octanol–water partition coefficient (Wildman–Crippen LogP) is 2.69. The SMILES string of the molecule is CC(NCC1(O)CCSC1)c1ccc2c(c1)CCC2. The molecule has 1 aromatic rings. The van der Waals surface area contributed by atoms with Crippen LogP contribution in [0.25, 0.3) is 0 Å². The van der Waals surface area contributed by atoms with Gasteiger partial charge in [-0.25, -0.2) is 0 Å². The van der Waals surface area contributed by atoms with Crippen LogP contribution in [0.2, 0.25) is 0 Å². The van der Waals surface area contributed by atoms with Gasteiger partial charge in [0.25, 0.3) is 0 Å². The van der Waals surface area contributed by atoms with Crippen LogP contribution in [0.4, 0.5) is 0 Å². The van der Waals surface area contributed by atoms with Crippen LogP contribution >= 0.6 is 11.8 Å². The first-order valence-corrected chi connectivity index (χ1v) is 8.47. The minimum absolute atomic E-state index is 0.320. The number of aryl methyl sites for hydroxylation is 2. The zero-order valence-electron chi connectivity index (χ0n) is 11.6. The molecule has 2 nitrogen and oxygen atoms in total. The fraction of sp³-hybridized carbons (Fsp3) is 0.625. The molecule has 1 heterocycles. The molecule has 3 rings (SSSR count). The number of benzene rings is 1. The molecule has 2 N–H and O–H groups in total. The van der Waals surface area contributed by atoms with E-state index in [4.69, 9.17) is 0 Å². The van der Waals surface area contributed by atoms with E-state index in [0.717, 1.165) is 17.9 Å². The highest BCUT2D eigenvalue weighted by Gasteiger charge is 2.31. The highest BCUT2D eigenvalue weighted by molar-refractivity contribution is 7.99. The fourth-order valence-electron chi connectivity index (χ4n) is 3.06. The third-order valence-corrected chi connectivity index (χ3v) is 5.68. The van der Waals surface area contributed by atoms with Gasteiger partial charge in [-0.1, -0.05) is 18.2 Å². The van der Waals surface area contributed by atoms with Crippen LogP contribution in [-0.4, -0.2) is 28.8 Å². The normalized spacial score (nSPS) is 27.5. The maximum Gasteiger partial charge on any atom is 0.0869 e. The minimum Gasteiger partial charge on any atom is -0.388 e. The summed E-state index contributed by atoms with van der Waals surface area (Å²) in [5.74, 6) is 1.96. The van der Waals surface area contributed by atoms with Gasteiger partial charge >= 0.3 is 0 Å². The second kappa shape index (κ2) is 5.47. The Bertz CT molecular complexity index is 454. The van der Waals surface area contributed by atoms with Gasteiger partial charge in [0, 0.05) is 18.3 Å². The van der Waals surface area contributed by atoms with Gasteiger partial charge < -0.3 is 10.4 Å². The molecule has 1 saturated heterocycles. The largest absolute Gasteiger partial charge is 0.388 e. The summed E-state index contributed by atoms with van der Waals surface area (Å²) in [6, 6.07) is 7.21. The standard InChI is InChI=1S/C16H23NOS/c1-12(17-10-16(18)7-8-19-11-16)14-6-5-13-3-2-4-15(13)9-14/h5-6,9,12,17-18H,2-4,7-8,10-11H2,1H3. The summed E-state index contributed by atoms with van der Waals surface area (Å²) >= 11 is 1.85. The third kappa shape index (κ3) is 2.99. The first-order valence-electron chi connectivity index (χ1n) is 7.32. The van der Waals surface area contributed by atoms with Crippen molar-refractivity contribution in [2.45, 2.75) is 44.2 Å².